The number of carbonyl (C=O) groups is 2. The van der Waals surface area contributed by atoms with Crippen LogP contribution in [0.15, 0.2) is 24.3 Å². The number of rotatable bonds is 10. The summed E-state index contributed by atoms with van der Waals surface area (Å²) in [7, 11) is 0. The van der Waals surface area contributed by atoms with Crippen LogP contribution in [0.4, 0.5) is 0 Å². The van der Waals surface area contributed by atoms with Crippen LogP contribution >= 0.6 is 0 Å². The molecule has 0 aromatic heterocycles. The van der Waals surface area contributed by atoms with Crippen LogP contribution in [-0.4, -0.2) is 16.9 Å². The van der Waals surface area contributed by atoms with Crippen LogP contribution < -0.4 is 0 Å². The van der Waals surface area contributed by atoms with Gasteiger partial charge in [0, 0.05) is 12.5 Å². The summed E-state index contributed by atoms with van der Waals surface area (Å²) in [5.74, 6) is -0.577. The summed E-state index contributed by atoms with van der Waals surface area (Å²) in [5, 5.41) is 8.02. The molecule has 0 aromatic rings. The lowest BCUT2D eigenvalue weighted by atomic mass is 10.1. The van der Waals surface area contributed by atoms with E-state index in [2.05, 4.69) is 6.92 Å². The van der Waals surface area contributed by atoms with Crippen LogP contribution in [-0.2, 0) is 9.59 Å². The van der Waals surface area contributed by atoms with Crippen molar-refractivity contribution in [3.05, 3.63) is 24.3 Å². The predicted molar refractivity (Wildman–Crippen MR) is 84.9 cm³/mol. The van der Waals surface area contributed by atoms with Crippen molar-refractivity contribution in [2.75, 3.05) is 0 Å². The molecule has 0 fully saturated rings. The Hall–Kier alpha value is -1.38. The Morgan fingerprint density at radius 1 is 0.950 bits per heavy atom. The van der Waals surface area contributed by atoms with Gasteiger partial charge in [0.05, 0.1) is 0 Å². The Labute approximate surface area is 123 Å². The maximum absolute atomic E-state index is 10.6. The molecule has 0 aromatic carbocycles. The molecule has 3 nitrogen and oxygen atoms in total. The average molecular weight is 282 g/mol. The molecule has 0 unspecified atom stereocenters. The molecule has 0 aliphatic rings. The summed E-state index contributed by atoms with van der Waals surface area (Å²) in [6, 6.07) is 0. The van der Waals surface area contributed by atoms with E-state index in [1.165, 1.54) is 44.6 Å². The van der Waals surface area contributed by atoms with Crippen molar-refractivity contribution >= 4 is 11.8 Å². The zero-order valence-corrected chi connectivity index (χ0v) is 13.2. The van der Waals surface area contributed by atoms with E-state index >= 15 is 0 Å². The fourth-order valence-electron chi connectivity index (χ4n) is 1.58. The lowest BCUT2D eigenvalue weighted by molar-refractivity contribution is -0.131. The minimum atomic E-state index is -0.914. The minimum absolute atomic E-state index is 0.337. The normalized spacial score (nSPS) is 10.6. The number of carbonyl (C=O) groups excluding carboxylic acids is 1. The van der Waals surface area contributed by atoms with Crippen molar-refractivity contribution < 1.29 is 14.7 Å². The summed E-state index contributed by atoms with van der Waals surface area (Å²) < 4.78 is 0. The van der Waals surface area contributed by atoms with E-state index in [1.807, 2.05) is 6.92 Å². The van der Waals surface area contributed by atoms with E-state index in [-0.39, 0.29) is 0 Å². The van der Waals surface area contributed by atoms with Gasteiger partial charge in [-0.3, -0.25) is 0 Å². The van der Waals surface area contributed by atoms with Gasteiger partial charge >= 0.3 is 5.97 Å². The molecule has 0 aliphatic heterocycles. The second-order valence-electron chi connectivity index (χ2n) is 4.80. The van der Waals surface area contributed by atoms with E-state index in [0.717, 1.165) is 18.9 Å². The van der Waals surface area contributed by atoms with Crippen molar-refractivity contribution in [3.8, 4) is 0 Å². The third-order valence-electron chi connectivity index (χ3n) is 2.67. The smallest absolute Gasteiger partial charge is 0.328 e. The average Bonchev–Trinajstić information content (AvgIpc) is 2.38. The van der Waals surface area contributed by atoms with Gasteiger partial charge in [0.2, 0.25) is 0 Å². The number of carboxylic acids is 1. The van der Waals surface area contributed by atoms with Gasteiger partial charge in [0.25, 0.3) is 0 Å². The second-order valence-corrected chi connectivity index (χ2v) is 4.80. The van der Waals surface area contributed by atoms with E-state index in [9.17, 15) is 9.59 Å². The molecule has 1 N–H and O–H groups in total. The molecule has 0 saturated heterocycles. The molecule has 0 spiro atoms. The first-order chi connectivity index (χ1) is 9.54. The standard InChI is InChI=1S/C11H22O.C6H8O2/c1-3-4-5-6-7-8-9-10-11(2)12;1-2-3-4-5-6(7)8/h3-10H2,1-2H3;2-5H,1H3,(H,7,8). The molecule has 0 rings (SSSR count). The molecule has 0 amide bonds. The number of allylic oxidation sites excluding steroid dienone is 3. The highest BCUT2D eigenvalue weighted by Gasteiger charge is 1.93. The number of aliphatic carboxylic acids is 1. The SMILES string of the molecule is CC=CC=CC(=O)O.CCCCCCCCCC(C)=O. The zero-order chi connectivity index (χ0) is 15.6. The van der Waals surface area contributed by atoms with Gasteiger partial charge in [-0.1, -0.05) is 63.7 Å². The molecular weight excluding hydrogens is 252 g/mol. The summed E-state index contributed by atoms with van der Waals surface area (Å²) >= 11 is 0. The Balaban J connectivity index is 0. The van der Waals surface area contributed by atoms with Crippen molar-refractivity contribution in [1.29, 1.82) is 0 Å². The fourth-order valence-corrected chi connectivity index (χ4v) is 1.58. The van der Waals surface area contributed by atoms with Crippen molar-refractivity contribution in [3.63, 3.8) is 0 Å². The first-order valence-corrected chi connectivity index (χ1v) is 7.56. The molecule has 116 valence electrons. The number of ketones is 1. The summed E-state index contributed by atoms with van der Waals surface area (Å²) in [5.41, 5.74) is 0. The first kappa shape index (κ1) is 20.9. The third-order valence-corrected chi connectivity index (χ3v) is 2.67. The van der Waals surface area contributed by atoms with Crippen LogP contribution in [0.5, 0.6) is 0 Å². The largest absolute Gasteiger partial charge is 0.478 e. The number of unbranched alkanes of at least 4 members (excludes halogenated alkanes) is 6. The Morgan fingerprint density at radius 2 is 1.50 bits per heavy atom. The Bertz CT molecular complexity index is 291. The highest BCUT2D eigenvalue weighted by atomic mass is 16.4. The summed E-state index contributed by atoms with van der Waals surface area (Å²) in [6.07, 6.45) is 15.8. The van der Waals surface area contributed by atoms with Crippen LogP contribution in [0, 0.1) is 0 Å². The van der Waals surface area contributed by atoms with Crippen LogP contribution in [0.2, 0.25) is 0 Å². The van der Waals surface area contributed by atoms with Crippen molar-refractivity contribution in [1.82, 2.24) is 0 Å². The van der Waals surface area contributed by atoms with Crippen molar-refractivity contribution in [2.45, 2.75) is 72.1 Å². The third kappa shape index (κ3) is 25.5. The molecule has 0 aliphatic carbocycles. The molecule has 0 bridgehead atoms. The fraction of sp³-hybridized carbons (Fsp3) is 0.647. The molecule has 0 atom stereocenters. The number of hydrogen-bond acceptors (Lipinski definition) is 2. The van der Waals surface area contributed by atoms with Gasteiger partial charge in [0.15, 0.2) is 0 Å². The van der Waals surface area contributed by atoms with Gasteiger partial charge in [-0.15, -0.1) is 0 Å². The zero-order valence-electron chi connectivity index (χ0n) is 13.2. The molecule has 0 saturated carbocycles. The molecule has 0 radical (unpaired) electrons. The van der Waals surface area contributed by atoms with Crippen LogP contribution in [0.3, 0.4) is 0 Å². The Kier molecular flexibility index (Phi) is 18.4. The van der Waals surface area contributed by atoms with Gasteiger partial charge in [-0.05, 0) is 20.3 Å². The summed E-state index contributed by atoms with van der Waals surface area (Å²) in [6.45, 7) is 5.74. The number of carboxylic acid groups (broad SMARTS) is 1. The van der Waals surface area contributed by atoms with Gasteiger partial charge < -0.3 is 9.90 Å². The number of hydrogen-bond donors (Lipinski definition) is 1. The highest BCUT2D eigenvalue weighted by molar-refractivity contribution is 5.80. The lowest BCUT2D eigenvalue weighted by Crippen LogP contribution is -1.89. The maximum Gasteiger partial charge on any atom is 0.328 e. The van der Waals surface area contributed by atoms with Crippen molar-refractivity contribution in [2.24, 2.45) is 0 Å². The topological polar surface area (TPSA) is 54.4 Å². The van der Waals surface area contributed by atoms with Gasteiger partial charge in [-0.25, -0.2) is 4.79 Å². The van der Waals surface area contributed by atoms with Gasteiger partial charge in [0.1, 0.15) is 5.78 Å². The molecule has 0 heterocycles. The second kappa shape index (κ2) is 17.6. The minimum Gasteiger partial charge on any atom is -0.478 e. The molecule has 20 heavy (non-hydrogen) atoms. The van der Waals surface area contributed by atoms with Gasteiger partial charge in [-0.2, -0.15) is 0 Å². The monoisotopic (exact) mass is 282 g/mol. The highest BCUT2D eigenvalue weighted by Crippen LogP contribution is 2.08. The summed E-state index contributed by atoms with van der Waals surface area (Å²) in [4.78, 5) is 20.3. The quantitative estimate of drug-likeness (QED) is 0.351. The van der Waals surface area contributed by atoms with E-state index in [4.69, 9.17) is 5.11 Å². The van der Waals surface area contributed by atoms with Crippen LogP contribution in [0.25, 0.3) is 0 Å². The lowest BCUT2D eigenvalue weighted by Gasteiger charge is -1.98. The molecule has 3 heteroatoms. The first-order valence-electron chi connectivity index (χ1n) is 7.56. The maximum atomic E-state index is 10.6. The van der Waals surface area contributed by atoms with E-state index in [0.29, 0.717) is 5.78 Å². The Morgan fingerprint density at radius 3 is 1.95 bits per heavy atom. The number of Topliss-reactive ketones (excluding diaryl/α,β-unsaturated/α-hetero) is 1. The predicted octanol–water partition coefficient (Wildman–Crippen LogP) is 4.92. The van der Waals surface area contributed by atoms with Crippen LogP contribution in [0.1, 0.15) is 72.1 Å². The van der Waals surface area contributed by atoms with E-state index in [1.54, 1.807) is 19.1 Å². The van der Waals surface area contributed by atoms with E-state index < -0.39 is 5.97 Å². The molecular formula is C17H30O3.